The summed E-state index contributed by atoms with van der Waals surface area (Å²) in [5, 5.41) is 14.2. The van der Waals surface area contributed by atoms with Crippen molar-refractivity contribution in [3.63, 3.8) is 0 Å². The number of aliphatic hydroxyl groups is 1. The summed E-state index contributed by atoms with van der Waals surface area (Å²) in [6.07, 6.45) is 4.73. The molecule has 1 aromatic rings. The van der Waals surface area contributed by atoms with Gasteiger partial charge < -0.3 is 9.84 Å². The van der Waals surface area contributed by atoms with Crippen LogP contribution in [-0.4, -0.2) is 77.7 Å². The highest BCUT2D eigenvalue weighted by molar-refractivity contribution is 6.03. The molecule has 0 bridgehead atoms. The Morgan fingerprint density at radius 3 is 2.39 bits per heavy atom. The lowest BCUT2D eigenvalue weighted by molar-refractivity contribution is -0.120. The number of hydrogen-bond acceptors (Lipinski definition) is 6. The molecule has 33 heavy (non-hydrogen) atoms. The second kappa shape index (κ2) is 11.8. The number of aliphatic hydroxyl groups excluding tert-OH is 1. The normalized spacial score (nSPS) is 19.9. The second-order valence-corrected chi connectivity index (χ2v) is 9.05. The lowest BCUT2D eigenvalue weighted by Gasteiger charge is -2.41. The van der Waals surface area contributed by atoms with E-state index in [1.165, 1.54) is 20.3 Å². The SMILES string of the molecule is CC#CC1(OCC(O)CN2CCN(N(C(C)=O)c3ccccc3C(C)=O)CC2)CCCCC1. The third-order valence-electron chi connectivity index (χ3n) is 6.48. The zero-order valence-electron chi connectivity index (χ0n) is 20.2. The molecule has 1 amide bonds. The molecular formula is C26H37N3O4. The van der Waals surface area contributed by atoms with Gasteiger partial charge in [-0.25, -0.2) is 10.0 Å². The van der Waals surface area contributed by atoms with E-state index in [1.54, 1.807) is 11.1 Å². The van der Waals surface area contributed by atoms with Crippen molar-refractivity contribution in [1.29, 1.82) is 0 Å². The minimum absolute atomic E-state index is 0.0675. The molecule has 1 saturated heterocycles. The van der Waals surface area contributed by atoms with Crippen LogP contribution in [0.1, 0.15) is 63.2 Å². The highest BCUT2D eigenvalue weighted by Gasteiger charge is 2.32. The van der Waals surface area contributed by atoms with Crippen molar-refractivity contribution in [2.45, 2.75) is 64.6 Å². The highest BCUT2D eigenvalue weighted by Crippen LogP contribution is 2.31. The third kappa shape index (κ3) is 6.64. The molecule has 180 valence electrons. The number of nitrogens with zero attached hydrogens (tertiary/aromatic N) is 3. The molecule has 7 nitrogen and oxygen atoms in total. The van der Waals surface area contributed by atoms with Crippen molar-refractivity contribution in [2.75, 3.05) is 44.3 Å². The topological polar surface area (TPSA) is 73.3 Å². The van der Waals surface area contributed by atoms with Gasteiger partial charge in [-0.1, -0.05) is 24.5 Å². The quantitative estimate of drug-likeness (QED) is 0.480. The fourth-order valence-corrected chi connectivity index (χ4v) is 4.86. The van der Waals surface area contributed by atoms with Crippen LogP contribution < -0.4 is 5.01 Å². The first kappa shape index (κ1) is 25.4. The zero-order valence-corrected chi connectivity index (χ0v) is 20.2. The number of rotatable bonds is 8. The van der Waals surface area contributed by atoms with Crippen LogP contribution >= 0.6 is 0 Å². The van der Waals surface area contributed by atoms with E-state index in [1.807, 2.05) is 30.1 Å². The summed E-state index contributed by atoms with van der Waals surface area (Å²) >= 11 is 0. The Morgan fingerprint density at radius 2 is 1.79 bits per heavy atom. The summed E-state index contributed by atoms with van der Waals surface area (Å²) in [7, 11) is 0. The molecule has 1 saturated carbocycles. The van der Waals surface area contributed by atoms with Gasteiger partial charge >= 0.3 is 0 Å². The van der Waals surface area contributed by atoms with Gasteiger partial charge in [-0.3, -0.25) is 14.5 Å². The van der Waals surface area contributed by atoms with Gasteiger partial charge in [0.15, 0.2) is 5.78 Å². The van der Waals surface area contributed by atoms with Crippen LogP contribution in [0.2, 0.25) is 0 Å². The standard InChI is InChI=1S/C26H37N3O4/c1-4-12-26(13-8-5-9-14-26)33-20-23(32)19-27-15-17-28(18-16-27)29(22(3)31)25-11-7-6-10-24(25)21(2)30/h6-7,10-11,23,32H,5,8-9,13-20H2,1-3H3. The number of benzene rings is 1. The van der Waals surface area contributed by atoms with Gasteiger partial charge in [0.1, 0.15) is 5.60 Å². The van der Waals surface area contributed by atoms with E-state index in [4.69, 9.17) is 4.74 Å². The van der Waals surface area contributed by atoms with E-state index < -0.39 is 11.7 Å². The van der Waals surface area contributed by atoms with Gasteiger partial charge in [-0.2, -0.15) is 0 Å². The first-order chi connectivity index (χ1) is 15.8. The van der Waals surface area contributed by atoms with Gasteiger partial charge in [0.25, 0.3) is 0 Å². The van der Waals surface area contributed by atoms with Crippen LogP contribution in [0, 0.1) is 11.8 Å². The maximum Gasteiger partial charge on any atom is 0.238 e. The molecule has 0 spiro atoms. The van der Waals surface area contributed by atoms with Gasteiger partial charge in [0, 0.05) is 45.2 Å². The van der Waals surface area contributed by atoms with Crippen LogP contribution in [0.15, 0.2) is 24.3 Å². The number of β-amino-alcohol motifs (C(OH)–C–C–N with tert-alkyl or cyclic N) is 1. The number of anilines is 1. The molecule has 2 fully saturated rings. The molecule has 3 rings (SSSR count). The average Bonchev–Trinajstić information content (AvgIpc) is 2.80. The summed E-state index contributed by atoms with van der Waals surface area (Å²) in [4.78, 5) is 26.8. The van der Waals surface area contributed by atoms with E-state index in [0.717, 1.165) is 25.7 Å². The van der Waals surface area contributed by atoms with Crippen LogP contribution in [0.3, 0.4) is 0 Å². The second-order valence-electron chi connectivity index (χ2n) is 9.05. The first-order valence-electron chi connectivity index (χ1n) is 12.0. The minimum atomic E-state index is -0.587. The Morgan fingerprint density at radius 1 is 1.12 bits per heavy atom. The largest absolute Gasteiger partial charge is 0.389 e. The summed E-state index contributed by atoms with van der Waals surface area (Å²) in [5.74, 6) is 6.06. The van der Waals surface area contributed by atoms with Gasteiger partial charge in [0.2, 0.25) is 5.91 Å². The Labute approximate surface area is 197 Å². The van der Waals surface area contributed by atoms with E-state index in [-0.39, 0.29) is 18.3 Å². The Hall–Kier alpha value is -2.24. The number of amides is 1. The molecular weight excluding hydrogens is 418 g/mol. The van der Waals surface area contributed by atoms with Crippen molar-refractivity contribution in [2.24, 2.45) is 0 Å². The Balaban J connectivity index is 1.55. The molecule has 7 heteroatoms. The number of piperazine rings is 1. The van der Waals surface area contributed by atoms with E-state index >= 15 is 0 Å². The van der Waals surface area contributed by atoms with Gasteiger partial charge in [-0.05, 0) is 51.7 Å². The molecule has 1 unspecified atom stereocenters. The molecule has 2 aliphatic rings. The molecule has 1 N–H and O–H groups in total. The number of hydrogen-bond donors (Lipinski definition) is 1. The van der Waals surface area contributed by atoms with Crippen LogP contribution in [-0.2, 0) is 9.53 Å². The Kier molecular flexibility index (Phi) is 9.04. The summed E-state index contributed by atoms with van der Waals surface area (Å²) in [5.41, 5.74) is 0.752. The number of carbonyl (C=O) groups is 2. The smallest absolute Gasteiger partial charge is 0.238 e. The van der Waals surface area contributed by atoms with Crippen molar-refractivity contribution in [3.8, 4) is 11.8 Å². The molecule has 1 atom stereocenters. The van der Waals surface area contributed by atoms with E-state index in [0.29, 0.717) is 44.0 Å². The lowest BCUT2D eigenvalue weighted by atomic mass is 9.85. The average molecular weight is 456 g/mol. The summed E-state index contributed by atoms with van der Waals surface area (Å²) < 4.78 is 6.15. The predicted octanol–water partition coefficient (Wildman–Crippen LogP) is 2.88. The number of carbonyl (C=O) groups excluding carboxylic acids is 2. The van der Waals surface area contributed by atoms with E-state index in [2.05, 4.69) is 16.7 Å². The number of Topliss-reactive ketones (excluding diaryl/α,β-unsaturated/α-hetero) is 1. The summed E-state index contributed by atoms with van der Waals surface area (Å²) in [6.45, 7) is 8.36. The summed E-state index contributed by atoms with van der Waals surface area (Å²) in [6, 6.07) is 7.21. The third-order valence-corrected chi connectivity index (χ3v) is 6.48. The molecule has 1 aromatic carbocycles. The van der Waals surface area contributed by atoms with Crippen molar-refractivity contribution in [1.82, 2.24) is 9.91 Å². The number of hydrazine groups is 1. The minimum Gasteiger partial charge on any atom is -0.389 e. The van der Waals surface area contributed by atoms with Gasteiger partial charge in [0.05, 0.1) is 18.4 Å². The fourth-order valence-electron chi connectivity index (χ4n) is 4.86. The van der Waals surface area contributed by atoms with Crippen LogP contribution in [0.25, 0.3) is 0 Å². The number of ketones is 1. The zero-order chi connectivity index (χ0) is 23.8. The van der Waals surface area contributed by atoms with Gasteiger partial charge in [-0.15, -0.1) is 5.92 Å². The highest BCUT2D eigenvalue weighted by atomic mass is 16.5. The Bertz CT molecular complexity index is 877. The monoisotopic (exact) mass is 455 g/mol. The maximum atomic E-state index is 12.5. The maximum absolute atomic E-state index is 12.5. The molecule has 0 aromatic heterocycles. The van der Waals surface area contributed by atoms with Crippen LogP contribution in [0.4, 0.5) is 5.69 Å². The first-order valence-corrected chi connectivity index (χ1v) is 12.0. The fraction of sp³-hybridized carbons (Fsp3) is 0.615. The number of para-hydroxylation sites is 1. The van der Waals surface area contributed by atoms with Crippen molar-refractivity contribution in [3.05, 3.63) is 29.8 Å². The number of ether oxygens (including phenoxy) is 1. The molecule has 1 aliphatic carbocycles. The molecule has 0 radical (unpaired) electrons. The predicted molar refractivity (Wildman–Crippen MR) is 129 cm³/mol. The molecule has 1 heterocycles. The van der Waals surface area contributed by atoms with Crippen LogP contribution in [0.5, 0.6) is 0 Å². The lowest BCUT2D eigenvalue weighted by Crippen LogP contribution is -2.56. The molecule has 1 aliphatic heterocycles. The van der Waals surface area contributed by atoms with E-state index in [9.17, 15) is 14.7 Å². The van der Waals surface area contributed by atoms with Crippen molar-refractivity contribution >= 4 is 17.4 Å². The van der Waals surface area contributed by atoms with Crippen molar-refractivity contribution < 1.29 is 19.4 Å².